The largest absolute Gasteiger partial charge is 0.376 e. The number of likely N-dealkylation sites (N-methyl/N-ethyl adjacent to an activating group) is 1. The van der Waals surface area contributed by atoms with Gasteiger partial charge in [-0.15, -0.1) is 0 Å². The Morgan fingerprint density at radius 1 is 1.16 bits per heavy atom. The van der Waals surface area contributed by atoms with Gasteiger partial charge in [-0.3, -0.25) is 0 Å². The van der Waals surface area contributed by atoms with Crippen LogP contribution < -0.4 is 5.32 Å². The molecule has 2 unspecified atom stereocenters. The van der Waals surface area contributed by atoms with Crippen molar-refractivity contribution in [2.45, 2.75) is 58.1 Å². The third-order valence-corrected chi connectivity index (χ3v) is 3.97. The van der Waals surface area contributed by atoms with E-state index in [-0.39, 0.29) is 0 Å². The highest BCUT2D eigenvalue weighted by Gasteiger charge is 2.25. The smallest absolute Gasteiger partial charge is 0.0769 e. The monoisotopic (exact) mass is 261 g/mol. The van der Waals surface area contributed by atoms with E-state index in [1.54, 1.807) is 0 Å². The first-order valence-electron chi connectivity index (χ1n) is 7.67. The average molecular weight is 261 g/mol. The summed E-state index contributed by atoms with van der Waals surface area (Å²) in [5, 5.41) is 3.59. The number of rotatable bonds is 5. The second kappa shape index (κ2) is 7.06. The Kier molecular flexibility index (Phi) is 5.41. The van der Waals surface area contributed by atoms with Crippen molar-refractivity contribution < 1.29 is 4.74 Å². The maximum atomic E-state index is 5.96. The van der Waals surface area contributed by atoms with Gasteiger partial charge in [0.1, 0.15) is 0 Å². The minimum absolute atomic E-state index is 0.332. The van der Waals surface area contributed by atoms with Crippen LogP contribution in [-0.4, -0.2) is 19.3 Å². The Hall–Kier alpha value is -0.860. The third-order valence-electron chi connectivity index (χ3n) is 3.97. The van der Waals surface area contributed by atoms with Gasteiger partial charge < -0.3 is 10.1 Å². The molecular weight excluding hydrogens is 234 g/mol. The van der Waals surface area contributed by atoms with E-state index in [0.29, 0.717) is 18.1 Å². The zero-order valence-electron chi connectivity index (χ0n) is 12.5. The van der Waals surface area contributed by atoms with E-state index in [1.165, 1.54) is 30.4 Å². The van der Waals surface area contributed by atoms with Gasteiger partial charge in [-0.2, -0.15) is 0 Å². The standard InChI is InChI=1S/C17H27NO/c1-4-18-17(16-7-5-6-12-19-16)15-10-8-14(9-11-15)13(2)3/h8-11,13,16-18H,4-7,12H2,1-3H3. The summed E-state index contributed by atoms with van der Waals surface area (Å²) in [6.07, 6.45) is 4.00. The fraction of sp³-hybridized carbons (Fsp3) is 0.647. The molecule has 0 saturated carbocycles. The van der Waals surface area contributed by atoms with Crippen LogP contribution in [0.25, 0.3) is 0 Å². The summed E-state index contributed by atoms with van der Waals surface area (Å²) in [5.74, 6) is 0.595. The van der Waals surface area contributed by atoms with Crippen LogP contribution in [0.2, 0.25) is 0 Å². The topological polar surface area (TPSA) is 21.3 Å². The van der Waals surface area contributed by atoms with E-state index in [0.717, 1.165) is 13.2 Å². The van der Waals surface area contributed by atoms with Crippen molar-refractivity contribution >= 4 is 0 Å². The first-order chi connectivity index (χ1) is 9.22. The molecule has 0 radical (unpaired) electrons. The lowest BCUT2D eigenvalue weighted by atomic mass is 9.93. The minimum Gasteiger partial charge on any atom is -0.376 e. The predicted molar refractivity (Wildman–Crippen MR) is 80.5 cm³/mol. The van der Waals surface area contributed by atoms with Gasteiger partial charge >= 0.3 is 0 Å². The van der Waals surface area contributed by atoms with E-state index < -0.39 is 0 Å². The fourth-order valence-electron chi connectivity index (χ4n) is 2.80. The van der Waals surface area contributed by atoms with Crippen LogP contribution in [0.3, 0.4) is 0 Å². The highest BCUT2D eigenvalue weighted by Crippen LogP contribution is 2.27. The first kappa shape index (κ1) is 14.5. The molecular formula is C17H27NO. The summed E-state index contributed by atoms with van der Waals surface area (Å²) >= 11 is 0. The van der Waals surface area contributed by atoms with E-state index in [2.05, 4.69) is 50.4 Å². The Bertz CT molecular complexity index is 365. The number of hydrogen-bond acceptors (Lipinski definition) is 2. The van der Waals surface area contributed by atoms with Gasteiger partial charge in [-0.1, -0.05) is 45.0 Å². The molecule has 2 rings (SSSR count). The van der Waals surface area contributed by atoms with Crippen molar-refractivity contribution in [3.63, 3.8) is 0 Å². The Morgan fingerprint density at radius 3 is 2.37 bits per heavy atom. The molecule has 2 atom stereocenters. The summed E-state index contributed by atoms with van der Waals surface area (Å²) in [7, 11) is 0. The predicted octanol–water partition coefficient (Wildman–Crippen LogP) is 4.03. The van der Waals surface area contributed by atoms with Gasteiger partial charge in [0, 0.05) is 6.61 Å². The van der Waals surface area contributed by atoms with Crippen LogP contribution >= 0.6 is 0 Å². The molecule has 1 fully saturated rings. The summed E-state index contributed by atoms with van der Waals surface area (Å²) in [6.45, 7) is 8.54. The van der Waals surface area contributed by atoms with Crippen LogP contribution in [0.4, 0.5) is 0 Å². The summed E-state index contributed by atoms with van der Waals surface area (Å²) < 4.78 is 5.96. The van der Waals surface area contributed by atoms with Gasteiger partial charge in [-0.05, 0) is 42.9 Å². The number of benzene rings is 1. The molecule has 1 aromatic rings. The van der Waals surface area contributed by atoms with Crippen LogP contribution in [0.5, 0.6) is 0 Å². The van der Waals surface area contributed by atoms with Crippen molar-refractivity contribution in [2.24, 2.45) is 0 Å². The highest BCUT2D eigenvalue weighted by atomic mass is 16.5. The summed E-state index contributed by atoms with van der Waals surface area (Å²) in [4.78, 5) is 0. The molecule has 1 N–H and O–H groups in total. The van der Waals surface area contributed by atoms with Crippen LogP contribution in [0.15, 0.2) is 24.3 Å². The molecule has 0 aliphatic carbocycles. The molecule has 1 saturated heterocycles. The van der Waals surface area contributed by atoms with Gasteiger partial charge in [0.2, 0.25) is 0 Å². The molecule has 0 aromatic heterocycles. The van der Waals surface area contributed by atoms with Crippen molar-refractivity contribution in [3.05, 3.63) is 35.4 Å². The summed E-state index contributed by atoms with van der Waals surface area (Å²) in [6, 6.07) is 9.38. The van der Waals surface area contributed by atoms with Gasteiger partial charge in [-0.25, -0.2) is 0 Å². The van der Waals surface area contributed by atoms with Crippen molar-refractivity contribution in [2.75, 3.05) is 13.2 Å². The van der Waals surface area contributed by atoms with Crippen LogP contribution in [-0.2, 0) is 4.74 Å². The molecule has 0 spiro atoms. The maximum Gasteiger partial charge on any atom is 0.0769 e. The second-order valence-electron chi connectivity index (χ2n) is 5.76. The molecule has 0 bridgehead atoms. The first-order valence-corrected chi connectivity index (χ1v) is 7.67. The van der Waals surface area contributed by atoms with Crippen molar-refractivity contribution in [1.29, 1.82) is 0 Å². The van der Waals surface area contributed by atoms with E-state index in [9.17, 15) is 0 Å². The van der Waals surface area contributed by atoms with Crippen LogP contribution in [0, 0.1) is 0 Å². The Labute approximate surface area is 117 Å². The molecule has 106 valence electrons. The highest BCUT2D eigenvalue weighted by molar-refractivity contribution is 5.27. The van der Waals surface area contributed by atoms with Crippen molar-refractivity contribution in [1.82, 2.24) is 5.32 Å². The quantitative estimate of drug-likeness (QED) is 0.864. The SMILES string of the molecule is CCNC(c1ccc(C(C)C)cc1)C1CCCCO1. The minimum atomic E-state index is 0.332. The van der Waals surface area contributed by atoms with Gasteiger partial charge in [0.15, 0.2) is 0 Å². The number of ether oxygens (including phenoxy) is 1. The fourth-order valence-corrected chi connectivity index (χ4v) is 2.80. The van der Waals surface area contributed by atoms with Crippen molar-refractivity contribution in [3.8, 4) is 0 Å². The third kappa shape index (κ3) is 3.80. The normalized spacial score (nSPS) is 21.6. The van der Waals surface area contributed by atoms with E-state index in [1.807, 2.05) is 0 Å². The van der Waals surface area contributed by atoms with E-state index in [4.69, 9.17) is 4.74 Å². The zero-order valence-corrected chi connectivity index (χ0v) is 12.5. The Balaban J connectivity index is 2.13. The lowest BCUT2D eigenvalue weighted by Crippen LogP contribution is -2.35. The molecule has 1 aliphatic rings. The molecule has 19 heavy (non-hydrogen) atoms. The molecule has 2 heteroatoms. The van der Waals surface area contributed by atoms with Gasteiger partial charge in [0.25, 0.3) is 0 Å². The zero-order chi connectivity index (χ0) is 13.7. The number of hydrogen-bond donors (Lipinski definition) is 1. The lowest BCUT2D eigenvalue weighted by molar-refractivity contribution is -0.00786. The molecule has 2 nitrogen and oxygen atoms in total. The molecule has 1 heterocycles. The Morgan fingerprint density at radius 2 is 1.84 bits per heavy atom. The van der Waals surface area contributed by atoms with Gasteiger partial charge in [0.05, 0.1) is 12.1 Å². The van der Waals surface area contributed by atoms with Crippen LogP contribution in [0.1, 0.15) is 63.1 Å². The lowest BCUT2D eigenvalue weighted by Gasteiger charge is -2.31. The van der Waals surface area contributed by atoms with E-state index >= 15 is 0 Å². The average Bonchev–Trinajstić information content (AvgIpc) is 2.46. The molecule has 0 amide bonds. The maximum absolute atomic E-state index is 5.96. The second-order valence-corrected chi connectivity index (χ2v) is 5.76. The number of nitrogens with one attached hydrogen (secondary N) is 1. The molecule has 1 aromatic carbocycles. The summed E-state index contributed by atoms with van der Waals surface area (Å²) in [5.41, 5.74) is 2.77. The molecule has 1 aliphatic heterocycles.